The Labute approximate surface area is 145 Å². The quantitative estimate of drug-likeness (QED) is 0.759. The lowest BCUT2D eigenvalue weighted by Crippen LogP contribution is -2.44. The van der Waals surface area contributed by atoms with Gasteiger partial charge in [0.2, 0.25) is 5.91 Å². The van der Waals surface area contributed by atoms with Crippen LogP contribution in [0.4, 0.5) is 13.2 Å². The molecule has 1 aliphatic carbocycles. The Bertz CT molecular complexity index is 633. The highest BCUT2D eigenvalue weighted by molar-refractivity contribution is 5.98. The number of halogens is 3. The summed E-state index contributed by atoms with van der Waals surface area (Å²) in [5.74, 6) is -0.268. The largest absolute Gasteiger partial charge is 0.416 e. The summed E-state index contributed by atoms with van der Waals surface area (Å²) in [4.78, 5) is 27.0. The number of hydrogen-bond acceptors (Lipinski definition) is 2. The minimum atomic E-state index is -4.41. The molecule has 1 amide bonds. The molecule has 1 atom stereocenters. The van der Waals surface area contributed by atoms with E-state index in [9.17, 15) is 22.8 Å². The SMILES string of the molecule is O=C(c1ccc(C(F)(F)F)cc1)C1CCCN(C(=O)C2CCCC2)C1. The second-order valence-corrected chi connectivity index (χ2v) is 7.04. The van der Waals surface area contributed by atoms with Crippen molar-refractivity contribution in [2.75, 3.05) is 13.1 Å². The van der Waals surface area contributed by atoms with Crippen LogP contribution in [0.1, 0.15) is 54.4 Å². The molecule has 1 saturated carbocycles. The average Bonchev–Trinajstić information content (AvgIpc) is 3.14. The van der Waals surface area contributed by atoms with E-state index in [2.05, 4.69) is 0 Å². The minimum Gasteiger partial charge on any atom is -0.342 e. The third-order valence-corrected chi connectivity index (χ3v) is 5.31. The number of benzene rings is 1. The molecule has 136 valence electrons. The Hall–Kier alpha value is -1.85. The summed E-state index contributed by atoms with van der Waals surface area (Å²) in [7, 11) is 0. The normalized spacial score (nSPS) is 22.2. The molecule has 1 heterocycles. The summed E-state index contributed by atoms with van der Waals surface area (Å²) >= 11 is 0. The molecule has 2 aliphatic rings. The van der Waals surface area contributed by atoms with Gasteiger partial charge in [0.15, 0.2) is 5.78 Å². The average molecular weight is 353 g/mol. The van der Waals surface area contributed by atoms with Gasteiger partial charge in [0, 0.05) is 30.5 Å². The fourth-order valence-corrected chi connectivity index (χ4v) is 3.88. The summed E-state index contributed by atoms with van der Waals surface area (Å²) in [5, 5.41) is 0. The van der Waals surface area contributed by atoms with Crippen molar-refractivity contribution in [3.63, 3.8) is 0 Å². The highest BCUT2D eigenvalue weighted by atomic mass is 19.4. The van der Waals surface area contributed by atoms with Gasteiger partial charge in [-0.2, -0.15) is 13.2 Å². The third-order valence-electron chi connectivity index (χ3n) is 5.31. The fraction of sp³-hybridized carbons (Fsp3) is 0.579. The van der Waals surface area contributed by atoms with Crippen LogP contribution >= 0.6 is 0 Å². The second kappa shape index (κ2) is 7.18. The van der Waals surface area contributed by atoms with Crippen molar-refractivity contribution in [1.82, 2.24) is 4.90 Å². The number of alkyl halides is 3. The number of amides is 1. The number of Topliss-reactive ketones (excluding diaryl/α,β-unsaturated/α-hetero) is 1. The number of ketones is 1. The van der Waals surface area contributed by atoms with Crippen LogP contribution in [0.25, 0.3) is 0 Å². The van der Waals surface area contributed by atoms with E-state index in [0.29, 0.717) is 19.5 Å². The molecule has 25 heavy (non-hydrogen) atoms. The van der Waals surface area contributed by atoms with E-state index in [0.717, 1.165) is 44.2 Å². The summed E-state index contributed by atoms with van der Waals surface area (Å²) in [6.07, 6.45) is 1.04. The predicted molar refractivity (Wildman–Crippen MR) is 87.0 cm³/mol. The van der Waals surface area contributed by atoms with Gasteiger partial charge >= 0.3 is 6.18 Å². The zero-order chi connectivity index (χ0) is 18.0. The van der Waals surface area contributed by atoms with Crippen molar-refractivity contribution >= 4 is 11.7 Å². The molecule has 1 unspecified atom stereocenters. The number of piperidine rings is 1. The Morgan fingerprint density at radius 2 is 1.52 bits per heavy atom. The molecular weight excluding hydrogens is 331 g/mol. The summed E-state index contributed by atoms with van der Waals surface area (Å²) < 4.78 is 37.9. The van der Waals surface area contributed by atoms with Crippen LogP contribution in [0, 0.1) is 11.8 Å². The minimum absolute atomic E-state index is 0.0833. The molecule has 1 saturated heterocycles. The van der Waals surface area contributed by atoms with E-state index in [1.807, 2.05) is 0 Å². The van der Waals surface area contributed by atoms with Gasteiger partial charge in [0.25, 0.3) is 0 Å². The van der Waals surface area contributed by atoms with Gasteiger partial charge in [-0.1, -0.05) is 25.0 Å². The van der Waals surface area contributed by atoms with Crippen molar-refractivity contribution < 1.29 is 22.8 Å². The third kappa shape index (κ3) is 4.05. The van der Waals surface area contributed by atoms with Crippen molar-refractivity contribution in [3.05, 3.63) is 35.4 Å². The molecule has 3 rings (SSSR count). The van der Waals surface area contributed by atoms with Crippen LogP contribution in [0.5, 0.6) is 0 Å². The Kier molecular flexibility index (Phi) is 5.16. The van der Waals surface area contributed by atoms with Crippen molar-refractivity contribution in [3.8, 4) is 0 Å². The Balaban J connectivity index is 1.66. The molecule has 0 bridgehead atoms. The van der Waals surface area contributed by atoms with Crippen LogP contribution in [0.15, 0.2) is 24.3 Å². The van der Waals surface area contributed by atoms with Gasteiger partial charge in [-0.25, -0.2) is 0 Å². The van der Waals surface area contributed by atoms with Gasteiger partial charge < -0.3 is 4.90 Å². The summed E-state index contributed by atoms with van der Waals surface area (Å²) in [6, 6.07) is 4.36. The monoisotopic (exact) mass is 353 g/mol. The van der Waals surface area contributed by atoms with Crippen LogP contribution in [0.2, 0.25) is 0 Å². The zero-order valence-electron chi connectivity index (χ0n) is 14.0. The molecule has 1 aliphatic heterocycles. The molecule has 2 fully saturated rings. The number of carbonyl (C=O) groups is 2. The van der Waals surface area contributed by atoms with Gasteiger partial charge in [-0.05, 0) is 37.8 Å². The number of likely N-dealkylation sites (tertiary alicyclic amines) is 1. The lowest BCUT2D eigenvalue weighted by molar-refractivity contribution is -0.138. The first kappa shape index (κ1) is 18.0. The Morgan fingerprint density at radius 3 is 2.12 bits per heavy atom. The standard InChI is InChI=1S/C19H22F3NO2/c20-19(21,22)16-9-7-13(8-10-16)17(24)15-6-3-11-23(12-15)18(25)14-4-1-2-5-14/h7-10,14-15H,1-6,11-12H2. The number of hydrogen-bond donors (Lipinski definition) is 0. The zero-order valence-corrected chi connectivity index (χ0v) is 14.0. The smallest absolute Gasteiger partial charge is 0.342 e. The first-order valence-corrected chi connectivity index (χ1v) is 8.86. The number of nitrogens with zero attached hydrogens (tertiary/aromatic N) is 1. The van der Waals surface area contributed by atoms with Crippen LogP contribution in [0.3, 0.4) is 0 Å². The number of rotatable bonds is 3. The lowest BCUT2D eigenvalue weighted by Gasteiger charge is -2.33. The van der Waals surface area contributed by atoms with Crippen molar-refractivity contribution in [2.24, 2.45) is 11.8 Å². The lowest BCUT2D eigenvalue weighted by atomic mass is 9.89. The van der Waals surface area contributed by atoms with E-state index in [4.69, 9.17) is 0 Å². The maximum atomic E-state index is 12.6. The first-order valence-electron chi connectivity index (χ1n) is 8.86. The molecular formula is C19H22F3NO2. The molecule has 0 aromatic heterocycles. The van der Waals surface area contributed by atoms with Crippen LogP contribution in [-0.2, 0) is 11.0 Å². The summed E-state index contributed by atoms with van der Waals surface area (Å²) in [6.45, 7) is 1.06. The van der Waals surface area contributed by atoms with E-state index in [1.165, 1.54) is 12.1 Å². The summed E-state index contributed by atoms with van der Waals surface area (Å²) in [5.41, 5.74) is -0.473. The maximum absolute atomic E-state index is 12.6. The van der Waals surface area contributed by atoms with Gasteiger partial charge in [0.1, 0.15) is 0 Å². The highest BCUT2D eigenvalue weighted by Gasteiger charge is 2.34. The molecule has 0 radical (unpaired) electrons. The Morgan fingerprint density at radius 1 is 0.920 bits per heavy atom. The second-order valence-electron chi connectivity index (χ2n) is 7.04. The molecule has 0 spiro atoms. The first-order chi connectivity index (χ1) is 11.9. The highest BCUT2D eigenvalue weighted by Crippen LogP contribution is 2.31. The van der Waals surface area contributed by atoms with Crippen LogP contribution in [-0.4, -0.2) is 29.7 Å². The maximum Gasteiger partial charge on any atom is 0.416 e. The van der Waals surface area contributed by atoms with E-state index in [1.54, 1.807) is 4.90 Å². The predicted octanol–water partition coefficient (Wildman–Crippen LogP) is 4.32. The molecule has 1 aromatic rings. The molecule has 1 aromatic carbocycles. The molecule has 6 heteroatoms. The fourth-order valence-electron chi connectivity index (χ4n) is 3.88. The van der Waals surface area contributed by atoms with Gasteiger partial charge in [-0.15, -0.1) is 0 Å². The van der Waals surface area contributed by atoms with Gasteiger partial charge in [-0.3, -0.25) is 9.59 Å². The number of carbonyl (C=O) groups excluding carboxylic acids is 2. The van der Waals surface area contributed by atoms with Gasteiger partial charge in [0.05, 0.1) is 5.56 Å². The molecule has 3 nitrogen and oxygen atoms in total. The molecule has 0 N–H and O–H groups in total. The van der Waals surface area contributed by atoms with Crippen molar-refractivity contribution in [2.45, 2.75) is 44.7 Å². The van der Waals surface area contributed by atoms with Crippen LogP contribution < -0.4 is 0 Å². The van der Waals surface area contributed by atoms with Crippen molar-refractivity contribution in [1.29, 1.82) is 0 Å². The van der Waals surface area contributed by atoms with E-state index in [-0.39, 0.29) is 29.1 Å². The van der Waals surface area contributed by atoms with E-state index < -0.39 is 11.7 Å². The van der Waals surface area contributed by atoms with E-state index >= 15 is 0 Å². The topological polar surface area (TPSA) is 37.4 Å².